The summed E-state index contributed by atoms with van der Waals surface area (Å²) in [6, 6.07) is 19.6. The topological polar surface area (TPSA) is 50.1 Å². The van der Waals surface area contributed by atoms with Crippen molar-refractivity contribution in [1.29, 1.82) is 0 Å². The summed E-state index contributed by atoms with van der Waals surface area (Å²) in [5.41, 5.74) is 5.58. The molecule has 6 heteroatoms. The predicted molar refractivity (Wildman–Crippen MR) is 127 cm³/mol. The number of imidazole rings is 1. The molecule has 164 valence electrons. The molecule has 0 aliphatic rings. The monoisotopic (exact) mass is 428 g/mol. The van der Waals surface area contributed by atoms with Crippen molar-refractivity contribution < 1.29 is 9.53 Å². The summed E-state index contributed by atoms with van der Waals surface area (Å²) in [7, 11) is 5.83. The zero-order valence-corrected chi connectivity index (χ0v) is 18.9. The Labute approximate surface area is 188 Å². The zero-order valence-electron chi connectivity index (χ0n) is 18.9. The lowest BCUT2D eigenvalue weighted by Crippen LogP contribution is -2.26. The molecule has 0 radical (unpaired) electrons. The molecule has 2 aromatic carbocycles. The average Bonchev–Trinajstić information content (AvgIpc) is 3.22. The summed E-state index contributed by atoms with van der Waals surface area (Å²) in [6.45, 7) is 2.85. The molecular formula is C26H28N4O2. The van der Waals surface area contributed by atoms with Gasteiger partial charge < -0.3 is 18.9 Å². The van der Waals surface area contributed by atoms with Gasteiger partial charge in [0.25, 0.3) is 5.91 Å². The first-order valence-electron chi connectivity index (χ1n) is 10.6. The molecule has 2 aromatic heterocycles. The van der Waals surface area contributed by atoms with Crippen LogP contribution >= 0.6 is 0 Å². The number of carbonyl (C=O) groups excluding carboxylic acids is 1. The summed E-state index contributed by atoms with van der Waals surface area (Å²) < 4.78 is 8.01. The van der Waals surface area contributed by atoms with Crippen molar-refractivity contribution in [2.75, 3.05) is 26.0 Å². The third-order valence-electron chi connectivity index (χ3n) is 5.44. The number of aromatic nitrogens is 2. The van der Waals surface area contributed by atoms with E-state index in [1.54, 1.807) is 11.0 Å². The first kappa shape index (κ1) is 21.4. The highest BCUT2D eigenvalue weighted by molar-refractivity contribution is 5.96. The van der Waals surface area contributed by atoms with Gasteiger partial charge in [-0.25, -0.2) is 4.98 Å². The number of nitrogens with zero attached hydrogens (tertiary/aromatic N) is 4. The second kappa shape index (κ2) is 9.14. The lowest BCUT2D eigenvalue weighted by molar-refractivity contribution is 0.0780. The lowest BCUT2D eigenvalue weighted by atomic mass is 10.1. The van der Waals surface area contributed by atoms with Crippen LogP contribution in [0.25, 0.3) is 5.65 Å². The largest absolute Gasteiger partial charge is 0.486 e. The van der Waals surface area contributed by atoms with Crippen LogP contribution in [0.4, 0.5) is 5.69 Å². The van der Waals surface area contributed by atoms with Crippen LogP contribution in [0, 0.1) is 6.92 Å². The van der Waals surface area contributed by atoms with Gasteiger partial charge in [-0.3, -0.25) is 4.79 Å². The van der Waals surface area contributed by atoms with Gasteiger partial charge in [0.05, 0.1) is 11.3 Å². The molecule has 1 amide bonds. The number of aryl methyl sites for hydroxylation is 1. The number of carbonyl (C=O) groups is 1. The quantitative estimate of drug-likeness (QED) is 0.433. The highest BCUT2D eigenvalue weighted by atomic mass is 16.5. The number of ether oxygens (including phenoxy) is 1. The van der Waals surface area contributed by atoms with Gasteiger partial charge in [-0.05, 0) is 48.4 Å². The number of fused-ring (bicyclic) bond motifs is 1. The molecule has 0 aliphatic heterocycles. The molecule has 0 bridgehead atoms. The highest BCUT2D eigenvalue weighted by Gasteiger charge is 2.17. The average molecular weight is 429 g/mol. The van der Waals surface area contributed by atoms with Gasteiger partial charge in [0.1, 0.15) is 18.0 Å². The molecule has 0 spiro atoms. The maximum absolute atomic E-state index is 13.2. The van der Waals surface area contributed by atoms with Crippen molar-refractivity contribution in [1.82, 2.24) is 14.3 Å². The Balaban J connectivity index is 1.46. The Hall–Kier alpha value is -3.80. The van der Waals surface area contributed by atoms with E-state index in [1.165, 1.54) is 0 Å². The van der Waals surface area contributed by atoms with Gasteiger partial charge in [-0.15, -0.1) is 0 Å². The first-order valence-corrected chi connectivity index (χ1v) is 10.6. The number of rotatable bonds is 7. The van der Waals surface area contributed by atoms with Gasteiger partial charge >= 0.3 is 0 Å². The Bertz CT molecular complexity index is 1230. The number of amides is 1. The van der Waals surface area contributed by atoms with Crippen LogP contribution in [0.1, 0.15) is 27.2 Å². The number of benzene rings is 2. The Morgan fingerprint density at radius 2 is 1.75 bits per heavy atom. The molecule has 0 N–H and O–H groups in total. The van der Waals surface area contributed by atoms with Crippen molar-refractivity contribution in [2.24, 2.45) is 0 Å². The summed E-state index contributed by atoms with van der Waals surface area (Å²) in [5.74, 6) is 0.476. The number of hydrogen-bond acceptors (Lipinski definition) is 4. The molecule has 4 rings (SSSR count). The van der Waals surface area contributed by atoms with Crippen molar-refractivity contribution in [3.05, 3.63) is 95.4 Å². The van der Waals surface area contributed by atoms with Crippen molar-refractivity contribution in [2.45, 2.75) is 20.1 Å². The molecule has 2 heterocycles. The minimum Gasteiger partial charge on any atom is -0.486 e. The van der Waals surface area contributed by atoms with E-state index in [0.717, 1.165) is 28.2 Å². The predicted octanol–water partition coefficient (Wildman–Crippen LogP) is 4.56. The van der Waals surface area contributed by atoms with E-state index in [2.05, 4.69) is 22.0 Å². The third-order valence-corrected chi connectivity index (χ3v) is 5.44. The van der Waals surface area contributed by atoms with Crippen LogP contribution in [-0.2, 0) is 13.2 Å². The molecule has 0 atom stereocenters. The zero-order chi connectivity index (χ0) is 22.7. The molecule has 4 aromatic rings. The standard InChI is InChI=1S/C26H28N4O2/c1-19-8-7-15-30-17-21(27-25(19)30)18-32-24-10-6-5-9-23(24)26(31)29(4)16-20-11-13-22(14-12-20)28(2)3/h5-15,17H,16,18H2,1-4H3. The SMILES string of the molecule is Cc1cccn2cc(COc3ccccc3C(=O)N(C)Cc3ccc(N(C)C)cc3)nc12. The smallest absolute Gasteiger partial charge is 0.257 e. The van der Waals surface area contributed by atoms with Crippen LogP contribution in [0.2, 0.25) is 0 Å². The van der Waals surface area contributed by atoms with Crippen molar-refractivity contribution in [3.8, 4) is 5.75 Å². The molecule has 0 aliphatic carbocycles. The van der Waals surface area contributed by atoms with Crippen LogP contribution in [0.3, 0.4) is 0 Å². The van der Waals surface area contributed by atoms with Crippen LogP contribution < -0.4 is 9.64 Å². The first-order chi connectivity index (χ1) is 15.4. The number of anilines is 1. The third kappa shape index (κ3) is 4.59. The van der Waals surface area contributed by atoms with Crippen molar-refractivity contribution in [3.63, 3.8) is 0 Å². The van der Waals surface area contributed by atoms with Gasteiger partial charge in [0.15, 0.2) is 0 Å². The fourth-order valence-corrected chi connectivity index (χ4v) is 3.65. The van der Waals surface area contributed by atoms with E-state index in [9.17, 15) is 4.79 Å². The van der Waals surface area contributed by atoms with E-state index >= 15 is 0 Å². The van der Waals surface area contributed by atoms with Crippen LogP contribution in [0.5, 0.6) is 5.75 Å². The number of hydrogen-bond donors (Lipinski definition) is 0. The second-order valence-electron chi connectivity index (χ2n) is 8.16. The van der Waals surface area contributed by atoms with Gasteiger partial charge in [-0.2, -0.15) is 0 Å². The number of para-hydroxylation sites is 1. The lowest BCUT2D eigenvalue weighted by Gasteiger charge is -2.20. The molecule has 32 heavy (non-hydrogen) atoms. The summed E-state index contributed by atoms with van der Waals surface area (Å²) in [5, 5.41) is 0. The van der Waals surface area contributed by atoms with Gasteiger partial charge in [-0.1, -0.05) is 30.3 Å². The van der Waals surface area contributed by atoms with Crippen molar-refractivity contribution >= 4 is 17.2 Å². The summed E-state index contributed by atoms with van der Waals surface area (Å²) in [6.07, 6.45) is 3.92. The van der Waals surface area contributed by atoms with Gasteiger partial charge in [0, 0.05) is 45.8 Å². The Kier molecular flexibility index (Phi) is 6.12. The van der Waals surface area contributed by atoms with E-state index in [0.29, 0.717) is 24.5 Å². The minimum atomic E-state index is -0.0804. The molecular weight excluding hydrogens is 400 g/mol. The summed E-state index contributed by atoms with van der Waals surface area (Å²) >= 11 is 0. The Morgan fingerprint density at radius 1 is 1.00 bits per heavy atom. The maximum atomic E-state index is 13.2. The van der Waals surface area contributed by atoms with Crippen LogP contribution in [0.15, 0.2) is 73.1 Å². The fraction of sp³-hybridized carbons (Fsp3) is 0.231. The molecule has 0 saturated carbocycles. The Morgan fingerprint density at radius 3 is 2.47 bits per heavy atom. The van der Waals surface area contributed by atoms with E-state index < -0.39 is 0 Å². The van der Waals surface area contributed by atoms with E-state index in [1.807, 2.05) is 87.3 Å². The van der Waals surface area contributed by atoms with E-state index in [-0.39, 0.29) is 5.91 Å². The molecule has 6 nitrogen and oxygen atoms in total. The minimum absolute atomic E-state index is 0.0804. The van der Waals surface area contributed by atoms with Gasteiger partial charge in [0.2, 0.25) is 0 Å². The summed E-state index contributed by atoms with van der Waals surface area (Å²) in [4.78, 5) is 21.6. The molecule has 0 unspecified atom stereocenters. The second-order valence-corrected chi connectivity index (χ2v) is 8.16. The maximum Gasteiger partial charge on any atom is 0.257 e. The molecule has 0 saturated heterocycles. The number of pyridine rings is 1. The molecule has 0 fully saturated rings. The normalized spacial score (nSPS) is 10.9. The van der Waals surface area contributed by atoms with E-state index in [4.69, 9.17) is 4.74 Å². The fourth-order valence-electron chi connectivity index (χ4n) is 3.65. The highest BCUT2D eigenvalue weighted by Crippen LogP contribution is 2.22. The van der Waals surface area contributed by atoms with Crippen LogP contribution in [-0.4, -0.2) is 41.3 Å².